The molecule has 0 amide bonds. The Morgan fingerprint density at radius 3 is 2.64 bits per heavy atom. The summed E-state index contributed by atoms with van der Waals surface area (Å²) in [6.45, 7) is 0. The third-order valence-electron chi connectivity index (χ3n) is 1.29. The highest BCUT2D eigenvalue weighted by molar-refractivity contribution is 9.10. The van der Waals surface area contributed by atoms with Gasteiger partial charge >= 0.3 is 0 Å². The van der Waals surface area contributed by atoms with Gasteiger partial charge in [0.15, 0.2) is 0 Å². The highest BCUT2D eigenvalue weighted by Crippen LogP contribution is 2.43. The maximum atomic E-state index is 4.35. The average Bonchev–Trinajstić information content (AvgIpc) is 2.55. The van der Waals surface area contributed by atoms with Gasteiger partial charge in [-0.05, 0) is 26.7 Å². The molecule has 0 saturated heterocycles. The van der Waals surface area contributed by atoms with Crippen LogP contribution in [0.4, 0.5) is 0 Å². The zero-order valence-corrected chi connectivity index (χ0v) is 8.86. The van der Waals surface area contributed by atoms with E-state index in [1.54, 1.807) is 11.3 Å². The van der Waals surface area contributed by atoms with Crippen molar-refractivity contribution in [2.24, 2.45) is 0 Å². The molecule has 1 aromatic heterocycles. The first kappa shape index (κ1) is 7.58. The fourth-order valence-electron chi connectivity index (χ4n) is 0.826. The fourth-order valence-corrected chi connectivity index (χ4v) is 4.10. The van der Waals surface area contributed by atoms with Crippen molar-refractivity contribution in [3.63, 3.8) is 0 Å². The Bertz CT molecular complexity index is 304. The lowest BCUT2D eigenvalue weighted by Gasteiger charge is -2.02. The maximum Gasteiger partial charge on any atom is 0.138 e. The predicted octanol–water partition coefficient (Wildman–Crippen LogP) is 3.31. The molecule has 0 bridgehead atoms. The number of rotatable bonds is 1. The van der Waals surface area contributed by atoms with Crippen LogP contribution in [0.2, 0.25) is 0 Å². The Balaban J connectivity index is 2.29. The molecule has 1 nitrogen and oxygen atoms in total. The number of thiazole rings is 1. The highest BCUT2D eigenvalue weighted by atomic mass is 79.9. The summed E-state index contributed by atoms with van der Waals surface area (Å²) in [4.78, 5) is 4.35. The summed E-state index contributed by atoms with van der Waals surface area (Å²) in [7, 11) is -0.203. The molecule has 0 radical (unpaired) electrons. The summed E-state index contributed by atoms with van der Waals surface area (Å²) in [6.07, 6.45) is 4.17. The fraction of sp³-hybridized carbons (Fsp3) is 0. The van der Waals surface area contributed by atoms with Crippen LogP contribution < -0.4 is 0 Å². The van der Waals surface area contributed by atoms with Crippen molar-refractivity contribution in [3.05, 3.63) is 33.0 Å². The molecule has 2 heterocycles. The van der Waals surface area contributed by atoms with Crippen LogP contribution in [0.15, 0.2) is 37.3 Å². The van der Waals surface area contributed by atoms with Crippen LogP contribution in [0.5, 0.6) is 0 Å². The van der Waals surface area contributed by atoms with E-state index < -0.39 is 0 Å². The van der Waals surface area contributed by atoms with E-state index in [4.69, 9.17) is 0 Å². The smallest absolute Gasteiger partial charge is 0.138 e. The number of halogens is 1. The lowest BCUT2D eigenvalue weighted by Crippen LogP contribution is -1.70. The standard InChI is InChI=1S/C7H6BrNS2/c8-6-5-10-7(9-6)11-3-1-2-4-11/h1-5,11H. The van der Waals surface area contributed by atoms with E-state index in [0.717, 1.165) is 4.60 Å². The summed E-state index contributed by atoms with van der Waals surface area (Å²) in [5.41, 5.74) is 0. The summed E-state index contributed by atoms with van der Waals surface area (Å²) < 4.78 is 2.17. The molecular formula is C7H6BrNS2. The van der Waals surface area contributed by atoms with Crippen LogP contribution in [0.1, 0.15) is 0 Å². The van der Waals surface area contributed by atoms with Gasteiger partial charge in [0, 0.05) is 5.38 Å². The summed E-state index contributed by atoms with van der Waals surface area (Å²) >= 11 is 5.06. The summed E-state index contributed by atoms with van der Waals surface area (Å²) in [5.74, 6) is 0. The molecule has 0 N–H and O–H groups in total. The molecule has 0 spiro atoms. The van der Waals surface area contributed by atoms with Gasteiger partial charge in [0.25, 0.3) is 0 Å². The molecule has 0 atom stereocenters. The van der Waals surface area contributed by atoms with Crippen molar-refractivity contribution >= 4 is 38.2 Å². The van der Waals surface area contributed by atoms with Crippen molar-refractivity contribution in [2.45, 2.75) is 4.34 Å². The number of hydrogen-bond donors (Lipinski definition) is 1. The Morgan fingerprint density at radius 1 is 1.36 bits per heavy atom. The van der Waals surface area contributed by atoms with Crippen LogP contribution in [-0.2, 0) is 0 Å². The Labute approximate surface area is 80.3 Å². The van der Waals surface area contributed by atoms with Gasteiger partial charge in [-0.2, -0.15) is 10.9 Å². The van der Waals surface area contributed by atoms with Crippen LogP contribution in [0.3, 0.4) is 0 Å². The van der Waals surface area contributed by atoms with Crippen LogP contribution in [0.25, 0.3) is 0 Å². The zero-order chi connectivity index (χ0) is 7.68. The van der Waals surface area contributed by atoms with E-state index in [1.165, 1.54) is 4.34 Å². The molecule has 1 aromatic rings. The Morgan fingerprint density at radius 2 is 2.09 bits per heavy atom. The second-order valence-electron chi connectivity index (χ2n) is 2.04. The molecule has 0 unspecified atom stereocenters. The van der Waals surface area contributed by atoms with E-state index in [9.17, 15) is 0 Å². The van der Waals surface area contributed by atoms with Gasteiger partial charge in [0.1, 0.15) is 8.94 Å². The second kappa shape index (κ2) is 3.13. The number of nitrogens with zero attached hydrogens (tertiary/aromatic N) is 1. The van der Waals surface area contributed by atoms with Gasteiger partial charge in [0.2, 0.25) is 0 Å². The quantitative estimate of drug-likeness (QED) is 0.752. The summed E-state index contributed by atoms with van der Waals surface area (Å²) in [6, 6.07) is 0. The number of aromatic nitrogens is 1. The second-order valence-corrected chi connectivity index (χ2v) is 5.85. The van der Waals surface area contributed by atoms with Gasteiger partial charge in [-0.3, -0.25) is 0 Å². The first-order valence-corrected chi connectivity index (χ1v) is 6.26. The highest BCUT2D eigenvalue weighted by Gasteiger charge is 2.06. The number of allylic oxidation sites excluding steroid dienone is 2. The zero-order valence-electron chi connectivity index (χ0n) is 5.57. The van der Waals surface area contributed by atoms with Crippen molar-refractivity contribution in [2.75, 3.05) is 0 Å². The van der Waals surface area contributed by atoms with E-state index >= 15 is 0 Å². The van der Waals surface area contributed by atoms with Crippen LogP contribution >= 0.6 is 38.2 Å². The monoisotopic (exact) mass is 247 g/mol. The minimum Gasteiger partial charge on any atom is -0.224 e. The largest absolute Gasteiger partial charge is 0.224 e. The van der Waals surface area contributed by atoms with E-state index in [-0.39, 0.29) is 10.9 Å². The molecule has 1 aliphatic heterocycles. The van der Waals surface area contributed by atoms with E-state index in [2.05, 4.69) is 43.9 Å². The topological polar surface area (TPSA) is 12.9 Å². The third-order valence-corrected chi connectivity index (χ3v) is 5.12. The number of thiol groups is 1. The van der Waals surface area contributed by atoms with Crippen molar-refractivity contribution in [1.82, 2.24) is 4.98 Å². The van der Waals surface area contributed by atoms with Gasteiger partial charge in [0.05, 0.1) is 0 Å². The van der Waals surface area contributed by atoms with Crippen molar-refractivity contribution < 1.29 is 0 Å². The average molecular weight is 248 g/mol. The molecule has 2 rings (SSSR count). The molecular weight excluding hydrogens is 242 g/mol. The van der Waals surface area contributed by atoms with Crippen molar-refractivity contribution in [3.8, 4) is 0 Å². The first-order valence-electron chi connectivity index (χ1n) is 3.10. The molecule has 4 heteroatoms. The van der Waals surface area contributed by atoms with E-state index in [0.29, 0.717) is 0 Å². The van der Waals surface area contributed by atoms with Crippen molar-refractivity contribution in [1.29, 1.82) is 0 Å². The number of hydrogen-bond acceptors (Lipinski definition) is 2. The lowest BCUT2D eigenvalue weighted by molar-refractivity contribution is 1.21. The predicted molar refractivity (Wildman–Crippen MR) is 55.3 cm³/mol. The molecule has 0 aromatic carbocycles. The van der Waals surface area contributed by atoms with Gasteiger partial charge in [-0.1, -0.05) is 12.2 Å². The summed E-state index contributed by atoms with van der Waals surface area (Å²) in [5, 5.41) is 6.44. The van der Waals surface area contributed by atoms with Gasteiger partial charge in [-0.25, -0.2) is 4.98 Å². The Kier molecular flexibility index (Phi) is 2.16. The molecule has 0 fully saturated rings. The van der Waals surface area contributed by atoms with Crippen LogP contribution in [0, 0.1) is 0 Å². The van der Waals surface area contributed by atoms with E-state index in [1.807, 2.05) is 5.38 Å². The molecule has 0 saturated carbocycles. The van der Waals surface area contributed by atoms with Gasteiger partial charge < -0.3 is 0 Å². The molecule has 0 aliphatic carbocycles. The minimum absolute atomic E-state index is 0.203. The van der Waals surface area contributed by atoms with Crippen LogP contribution in [-0.4, -0.2) is 4.98 Å². The minimum atomic E-state index is -0.203. The van der Waals surface area contributed by atoms with Gasteiger partial charge in [-0.15, -0.1) is 11.3 Å². The Hall–Kier alpha value is -0.0600. The SMILES string of the molecule is Brc1csc([SH]2C=CC=C2)n1. The maximum absolute atomic E-state index is 4.35. The first-order chi connectivity index (χ1) is 5.36. The third kappa shape index (κ3) is 1.58. The molecule has 11 heavy (non-hydrogen) atoms. The lowest BCUT2D eigenvalue weighted by atomic mass is 10.6. The molecule has 1 aliphatic rings. The molecule has 58 valence electrons. The normalized spacial score (nSPS) is 18.1.